The predicted molar refractivity (Wildman–Crippen MR) is 154 cm³/mol. The molecule has 1 aromatic carbocycles. The molecule has 1 amide bonds. The number of hydrogen-bond donors (Lipinski definition) is 1. The maximum absolute atomic E-state index is 13.0. The Hall–Kier alpha value is -1.37. The van der Waals surface area contributed by atoms with Gasteiger partial charge in [0.05, 0.1) is 13.2 Å². The summed E-state index contributed by atoms with van der Waals surface area (Å²) in [6, 6.07) is 8.15. The van der Waals surface area contributed by atoms with Gasteiger partial charge in [0.25, 0.3) is 0 Å². The van der Waals surface area contributed by atoms with E-state index in [0.717, 1.165) is 24.3 Å². The number of amides is 1. The van der Waals surface area contributed by atoms with Crippen LogP contribution in [0, 0.1) is 0 Å². The van der Waals surface area contributed by atoms with Crippen LogP contribution in [-0.4, -0.2) is 57.1 Å². The van der Waals surface area contributed by atoms with Gasteiger partial charge in [-0.05, 0) is 55.1 Å². The first-order chi connectivity index (χ1) is 17.1. The molecule has 0 aliphatic carbocycles. The topological polar surface area (TPSA) is 59.0 Å². The molecule has 0 spiro atoms. The number of nitrogens with zero attached hydrogens (tertiary/aromatic N) is 1. The van der Waals surface area contributed by atoms with Crippen molar-refractivity contribution < 1.29 is 19.1 Å². The lowest BCUT2D eigenvalue weighted by Gasteiger charge is -2.36. The van der Waals surface area contributed by atoms with E-state index >= 15 is 0 Å². The summed E-state index contributed by atoms with van der Waals surface area (Å²) >= 11 is 0. The number of carbonyl (C=O) groups is 1. The number of hydrogen-bond acceptors (Lipinski definition) is 4. The summed E-state index contributed by atoms with van der Waals surface area (Å²) in [5.74, 6) is 1.01. The van der Waals surface area contributed by atoms with Crippen molar-refractivity contribution in [3.05, 3.63) is 29.8 Å². The minimum Gasteiger partial charge on any atom is -0.494 e. The van der Waals surface area contributed by atoms with Gasteiger partial charge in [-0.3, -0.25) is 4.79 Å². The number of benzene rings is 1. The van der Waals surface area contributed by atoms with E-state index in [1.807, 2.05) is 17.0 Å². The predicted octanol–water partition coefficient (Wildman–Crippen LogP) is 7.37. The molecule has 0 saturated heterocycles. The van der Waals surface area contributed by atoms with E-state index in [-0.39, 0.29) is 17.6 Å². The van der Waals surface area contributed by atoms with Crippen LogP contribution in [0.15, 0.2) is 24.3 Å². The summed E-state index contributed by atoms with van der Waals surface area (Å²) in [6.45, 7) is 15.9. The first kappa shape index (κ1) is 32.7. The van der Waals surface area contributed by atoms with E-state index in [0.29, 0.717) is 39.0 Å². The molecule has 36 heavy (non-hydrogen) atoms. The van der Waals surface area contributed by atoms with Crippen molar-refractivity contribution >= 4 is 14.2 Å². The standard InChI is InChI=1S/C30H55NO4Si/c1-7-8-9-10-11-12-13-14-24-34-28-18-15-17-27(26-28)19-20-29(33)31(21-16-23-32)22-25-35-36(5,6)30(2,3)4/h15,17-18,26,32H,7-14,16,19-25H2,1-6H3. The van der Waals surface area contributed by atoms with E-state index in [2.05, 4.69) is 52.9 Å². The van der Waals surface area contributed by atoms with Crippen molar-refractivity contribution in [1.29, 1.82) is 0 Å². The summed E-state index contributed by atoms with van der Waals surface area (Å²) in [6.07, 6.45) is 12.1. The third-order valence-corrected chi connectivity index (χ3v) is 11.9. The lowest BCUT2D eigenvalue weighted by Crippen LogP contribution is -2.43. The normalized spacial score (nSPS) is 12.1. The zero-order valence-corrected chi connectivity index (χ0v) is 25.2. The number of unbranched alkanes of at least 4 members (excludes halogenated alkanes) is 7. The molecule has 0 bridgehead atoms. The fraction of sp³-hybridized carbons (Fsp3) is 0.767. The summed E-state index contributed by atoms with van der Waals surface area (Å²) in [5.41, 5.74) is 1.12. The molecule has 0 heterocycles. The number of aliphatic hydroxyl groups excluding tert-OH is 1. The monoisotopic (exact) mass is 521 g/mol. The highest BCUT2D eigenvalue weighted by Gasteiger charge is 2.37. The minimum absolute atomic E-state index is 0.0884. The van der Waals surface area contributed by atoms with Crippen molar-refractivity contribution in [3.63, 3.8) is 0 Å². The van der Waals surface area contributed by atoms with Gasteiger partial charge in [0.1, 0.15) is 5.75 Å². The maximum atomic E-state index is 13.0. The highest BCUT2D eigenvalue weighted by Crippen LogP contribution is 2.36. The first-order valence-electron chi connectivity index (χ1n) is 14.3. The van der Waals surface area contributed by atoms with Gasteiger partial charge < -0.3 is 19.2 Å². The Balaban J connectivity index is 2.43. The zero-order chi connectivity index (χ0) is 26.9. The molecule has 1 N–H and O–H groups in total. The van der Waals surface area contributed by atoms with Gasteiger partial charge in [0.2, 0.25) is 5.91 Å². The van der Waals surface area contributed by atoms with E-state index in [1.165, 1.54) is 44.9 Å². The van der Waals surface area contributed by atoms with Crippen molar-refractivity contribution in [1.82, 2.24) is 4.90 Å². The number of aryl methyl sites for hydroxylation is 1. The summed E-state index contributed by atoms with van der Waals surface area (Å²) in [4.78, 5) is 14.8. The number of ether oxygens (including phenoxy) is 1. The maximum Gasteiger partial charge on any atom is 0.222 e. The zero-order valence-electron chi connectivity index (χ0n) is 24.2. The fourth-order valence-corrected chi connectivity index (χ4v) is 4.91. The SMILES string of the molecule is CCCCCCCCCCOc1cccc(CCC(=O)N(CCCO)CCO[Si](C)(C)C(C)(C)C)c1. The van der Waals surface area contributed by atoms with Crippen molar-refractivity contribution in [2.45, 2.75) is 116 Å². The molecule has 0 aromatic heterocycles. The van der Waals surface area contributed by atoms with Crippen LogP contribution in [0.4, 0.5) is 0 Å². The average Bonchev–Trinajstić information content (AvgIpc) is 2.83. The molecule has 0 fully saturated rings. The van der Waals surface area contributed by atoms with E-state index in [1.54, 1.807) is 0 Å². The average molecular weight is 522 g/mol. The molecule has 0 saturated carbocycles. The van der Waals surface area contributed by atoms with E-state index < -0.39 is 8.32 Å². The fourth-order valence-electron chi connectivity index (χ4n) is 3.88. The van der Waals surface area contributed by atoms with Crippen LogP contribution in [0.1, 0.15) is 97.5 Å². The molecule has 1 aromatic rings. The summed E-state index contributed by atoms with van der Waals surface area (Å²) in [5, 5.41) is 9.43. The van der Waals surface area contributed by atoms with Crippen LogP contribution in [-0.2, 0) is 15.6 Å². The lowest BCUT2D eigenvalue weighted by atomic mass is 10.1. The summed E-state index contributed by atoms with van der Waals surface area (Å²) < 4.78 is 12.3. The highest BCUT2D eigenvalue weighted by molar-refractivity contribution is 6.74. The highest BCUT2D eigenvalue weighted by atomic mass is 28.4. The Kier molecular flexibility index (Phi) is 16.3. The van der Waals surface area contributed by atoms with Crippen molar-refractivity contribution in [2.75, 3.05) is 32.9 Å². The van der Waals surface area contributed by atoms with Crippen LogP contribution < -0.4 is 4.74 Å². The van der Waals surface area contributed by atoms with Crippen LogP contribution in [0.2, 0.25) is 18.1 Å². The number of carbonyl (C=O) groups excluding carboxylic acids is 1. The molecule has 208 valence electrons. The Morgan fingerprint density at radius 3 is 2.25 bits per heavy atom. The van der Waals surface area contributed by atoms with Gasteiger partial charge in [0, 0.05) is 26.1 Å². The van der Waals surface area contributed by atoms with Gasteiger partial charge in [-0.1, -0.05) is 84.8 Å². The van der Waals surface area contributed by atoms with Crippen LogP contribution in [0.3, 0.4) is 0 Å². The molecular formula is C30H55NO4Si. The van der Waals surface area contributed by atoms with Gasteiger partial charge >= 0.3 is 0 Å². The largest absolute Gasteiger partial charge is 0.494 e. The van der Waals surface area contributed by atoms with Gasteiger partial charge in [-0.15, -0.1) is 0 Å². The molecular weight excluding hydrogens is 466 g/mol. The number of aliphatic hydroxyl groups is 1. The second kappa shape index (κ2) is 18.0. The molecule has 5 nitrogen and oxygen atoms in total. The third-order valence-electron chi connectivity index (χ3n) is 7.36. The second-order valence-electron chi connectivity index (χ2n) is 11.5. The van der Waals surface area contributed by atoms with Crippen molar-refractivity contribution in [3.8, 4) is 5.75 Å². The molecule has 0 aliphatic rings. The quantitative estimate of drug-likeness (QED) is 0.144. The Morgan fingerprint density at radius 1 is 0.944 bits per heavy atom. The van der Waals surface area contributed by atoms with E-state index in [9.17, 15) is 9.90 Å². The third kappa shape index (κ3) is 13.8. The van der Waals surface area contributed by atoms with Crippen LogP contribution in [0.25, 0.3) is 0 Å². The molecule has 1 rings (SSSR count). The lowest BCUT2D eigenvalue weighted by molar-refractivity contribution is -0.131. The summed E-state index contributed by atoms with van der Waals surface area (Å²) in [7, 11) is -1.84. The van der Waals surface area contributed by atoms with Crippen molar-refractivity contribution in [2.24, 2.45) is 0 Å². The second-order valence-corrected chi connectivity index (χ2v) is 16.3. The minimum atomic E-state index is -1.84. The van der Waals surface area contributed by atoms with Gasteiger partial charge in [-0.2, -0.15) is 0 Å². The molecule has 0 radical (unpaired) electrons. The van der Waals surface area contributed by atoms with Crippen LogP contribution in [0.5, 0.6) is 5.75 Å². The first-order valence-corrected chi connectivity index (χ1v) is 17.3. The molecule has 6 heteroatoms. The molecule has 0 unspecified atom stereocenters. The van der Waals surface area contributed by atoms with E-state index in [4.69, 9.17) is 9.16 Å². The molecule has 0 atom stereocenters. The Bertz CT molecular complexity index is 717. The van der Waals surface area contributed by atoms with Crippen LogP contribution >= 0.6 is 0 Å². The smallest absolute Gasteiger partial charge is 0.222 e. The number of rotatable bonds is 20. The Morgan fingerprint density at radius 2 is 1.61 bits per heavy atom. The molecule has 0 aliphatic heterocycles. The Labute approximate surface area is 223 Å². The van der Waals surface area contributed by atoms with Gasteiger partial charge in [-0.25, -0.2) is 0 Å². The van der Waals surface area contributed by atoms with Gasteiger partial charge in [0.15, 0.2) is 8.32 Å².